The van der Waals surface area contributed by atoms with Crippen LogP contribution in [0.4, 0.5) is 17.1 Å². The number of hydrogen-bond acceptors (Lipinski definition) is 3. The van der Waals surface area contributed by atoms with Crippen molar-refractivity contribution in [2.24, 2.45) is 0 Å². The van der Waals surface area contributed by atoms with Crippen LogP contribution < -0.4 is 9.64 Å². The molecule has 8 aromatic carbocycles. The first-order chi connectivity index (χ1) is 25.8. The normalized spacial score (nSPS) is 13.3. The van der Waals surface area contributed by atoms with Gasteiger partial charge in [0.1, 0.15) is 11.5 Å². The summed E-state index contributed by atoms with van der Waals surface area (Å²) in [6.45, 7) is 0. The van der Waals surface area contributed by atoms with Gasteiger partial charge < -0.3 is 9.64 Å². The van der Waals surface area contributed by atoms with Crippen LogP contribution in [0.3, 0.4) is 0 Å². The molecule has 0 N–H and O–H groups in total. The zero-order valence-electron chi connectivity index (χ0n) is 28.2. The minimum Gasteiger partial charge on any atom is -0.457 e. The van der Waals surface area contributed by atoms with Gasteiger partial charge in [-0.2, -0.15) is 0 Å². The molecular weight excluding hydrogens is 651 g/mol. The fourth-order valence-corrected chi connectivity index (χ4v) is 9.92. The number of nitrogens with zero attached hydrogens (tertiary/aromatic N) is 1. The van der Waals surface area contributed by atoms with Gasteiger partial charge >= 0.3 is 0 Å². The van der Waals surface area contributed by atoms with Crippen molar-refractivity contribution in [3.05, 3.63) is 210 Å². The molecule has 52 heavy (non-hydrogen) atoms. The number of anilines is 3. The molecule has 0 bridgehead atoms. The molecule has 0 saturated carbocycles. The van der Waals surface area contributed by atoms with E-state index in [1.165, 1.54) is 70.4 Å². The molecule has 1 aromatic heterocycles. The second-order valence-electron chi connectivity index (χ2n) is 13.6. The van der Waals surface area contributed by atoms with Gasteiger partial charge in [-0.1, -0.05) is 127 Å². The molecule has 0 atom stereocenters. The van der Waals surface area contributed by atoms with Crippen molar-refractivity contribution < 1.29 is 4.74 Å². The van der Waals surface area contributed by atoms with E-state index in [0.717, 1.165) is 22.9 Å². The molecule has 3 heteroatoms. The number of thiophene rings is 1. The number of fused-ring (bicyclic) bond motifs is 12. The lowest BCUT2D eigenvalue weighted by Crippen LogP contribution is -2.32. The monoisotopic (exact) mass is 681 g/mol. The molecule has 2 heterocycles. The summed E-state index contributed by atoms with van der Waals surface area (Å²) in [7, 11) is 0. The van der Waals surface area contributed by atoms with Crippen LogP contribution in [-0.4, -0.2) is 0 Å². The van der Waals surface area contributed by atoms with Gasteiger partial charge in [0.25, 0.3) is 0 Å². The van der Waals surface area contributed by atoms with E-state index >= 15 is 0 Å². The van der Waals surface area contributed by atoms with Gasteiger partial charge in [-0.15, -0.1) is 11.3 Å². The highest BCUT2D eigenvalue weighted by molar-refractivity contribution is 7.26. The van der Waals surface area contributed by atoms with Crippen molar-refractivity contribution in [3.8, 4) is 33.8 Å². The molecular formula is C49H31NOS. The summed E-state index contributed by atoms with van der Waals surface area (Å²) in [6.07, 6.45) is 0. The minimum absolute atomic E-state index is 0.485. The van der Waals surface area contributed by atoms with Crippen LogP contribution >= 0.6 is 11.3 Å². The van der Waals surface area contributed by atoms with Gasteiger partial charge in [0.15, 0.2) is 0 Å². The highest BCUT2D eigenvalue weighted by Crippen LogP contribution is 2.63. The van der Waals surface area contributed by atoms with Crippen LogP contribution in [0.2, 0.25) is 0 Å². The Morgan fingerprint density at radius 2 is 1.02 bits per heavy atom. The Hall–Kier alpha value is -6.42. The number of ether oxygens (including phenoxy) is 1. The van der Waals surface area contributed by atoms with E-state index in [1.807, 2.05) is 11.3 Å². The van der Waals surface area contributed by atoms with E-state index in [9.17, 15) is 0 Å². The number of hydrogen-bond donors (Lipinski definition) is 0. The first-order valence-corrected chi connectivity index (χ1v) is 18.6. The summed E-state index contributed by atoms with van der Waals surface area (Å²) >= 11 is 1.88. The SMILES string of the molecule is c1ccc(-c2ccc(N(c3ccccc3)c3cccc4sc5cc6c(cc5c34)-c3ccccc3C63c4ccccc4Oc4ccccc43)cc2)cc1. The quantitative estimate of drug-likeness (QED) is 0.183. The fourth-order valence-electron chi connectivity index (χ4n) is 8.78. The third-order valence-corrected chi connectivity index (χ3v) is 12.0. The van der Waals surface area contributed by atoms with Gasteiger partial charge in [-0.3, -0.25) is 0 Å². The molecule has 0 amide bonds. The van der Waals surface area contributed by atoms with Gasteiger partial charge in [0, 0.05) is 42.7 Å². The maximum atomic E-state index is 6.59. The van der Waals surface area contributed by atoms with Crippen molar-refractivity contribution in [1.82, 2.24) is 0 Å². The Morgan fingerprint density at radius 1 is 0.423 bits per heavy atom. The van der Waals surface area contributed by atoms with Crippen LogP contribution in [0.25, 0.3) is 42.4 Å². The molecule has 0 saturated heterocycles. The molecule has 1 aliphatic heterocycles. The van der Waals surface area contributed by atoms with Crippen LogP contribution in [0, 0.1) is 0 Å². The largest absolute Gasteiger partial charge is 0.457 e. The maximum Gasteiger partial charge on any atom is 0.132 e. The molecule has 11 rings (SSSR count). The molecule has 9 aromatic rings. The van der Waals surface area contributed by atoms with Gasteiger partial charge in [-0.05, 0) is 94.0 Å². The predicted octanol–water partition coefficient (Wildman–Crippen LogP) is 13.7. The van der Waals surface area contributed by atoms with Crippen molar-refractivity contribution in [2.45, 2.75) is 5.41 Å². The Bertz CT molecular complexity index is 2770. The number of rotatable bonds is 4. The molecule has 0 unspecified atom stereocenters. The van der Waals surface area contributed by atoms with Crippen molar-refractivity contribution in [3.63, 3.8) is 0 Å². The summed E-state index contributed by atoms with van der Waals surface area (Å²) in [6, 6.07) is 68.2. The van der Waals surface area contributed by atoms with E-state index in [4.69, 9.17) is 4.74 Å². The number of benzene rings is 8. The van der Waals surface area contributed by atoms with Crippen LogP contribution in [0.15, 0.2) is 188 Å². The van der Waals surface area contributed by atoms with Crippen LogP contribution in [0.1, 0.15) is 22.3 Å². The highest BCUT2D eigenvalue weighted by Gasteiger charge is 2.51. The van der Waals surface area contributed by atoms with Crippen molar-refractivity contribution in [2.75, 3.05) is 4.90 Å². The lowest BCUT2D eigenvalue weighted by atomic mass is 9.66. The first kappa shape index (κ1) is 29.3. The van der Waals surface area contributed by atoms with Gasteiger partial charge in [0.05, 0.1) is 11.1 Å². The smallest absolute Gasteiger partial charge is 0.132 e. The molecule has 2 aliphatic rings. The molecule has 1 aliphatic carbocycles. The molecule has 0 radical (unpaired) electrons. The highest BCUT2D eigenvalue weighted by atomic mass is 32.1. The summed E-state index contributed by atoms with van der Waals surface area (Å²) < 4.78 is 9.14. The second-order valence-corrected chi connectivity index (χ2v) is 14.7. The number of para-hydroxylation sites is 3. The predicted molar refractivity (Wildman–Crippen MR) is 217 cm³/mol. The average Bonchev–Trinajstić information content (AvgIpc) is 3.72. The Labute approximate surface area is 306 Å². The first-order valence-electron chi connectivity index (χ1n) is 17.8. The summed E-state index contributed by atoms with van der Waals surface area (Å²) in [5.74, 6) is 1.83. The molecule has 0 fully saturated rings. The third-order valence-electron chi connectivity index (χ3n) is 10.9. The topological polar surface area (TPSA) is 12.5 Å². The summed E-state index contributed by atoms with van der Waals surface area (Å²) in [5.41, 5.74) is 12.9. The molecule has 244 valence electrons. The zero-order chi connectivity index (χ0) is 34.2. The maximum absolute atomic E-state index is 6.59. The van der Waals surface area contributed by atoms with Crippen LogP contribution in [-0.2, 0) is 5.41 Å². The van der Waals surface area contributed by atoms with E-state index in [2.05, 4.69) is 193 Å². The van der Waals surface area contributed by atoms with Crippen molar-refractivity contribution >= 4 is 48.6 Å². The second kappa shape index (κ2) is 11.3. The van der Waals surface area contributed by atoms with E-state index in [1.54, 1.807) is 0 Å². The van der Waals surface area contributed by atoms with E-state index in [0.29, 0.717) is 0 Å². The Balaban J connectivity index is 1.17. The summed E-state index contributed by atoms with van der Waals surface area (Å²) in [4.78, 5) is 2.41. The zero-order valence-corrected chi connectivity index (χ0v) is 29.0. The van der Waals surface area contributed by atoms with E-state index in [-0.39, 0.29) is 0 Å². The van der Waals surface area contributed by atoms with E-state index < -0.39 is 5.41 Å². The van der Waals surface area contributed by atoms with Gasteiger partial charge in [0.2, 0.25) is 0 Å². The van der Waals surface area contributed by atoms with Crippen LogP contribution in [0.5, 0.6) is 11.5 Å². The minimum atomic E-state index is -0.485. The fraction of sp³-hybridized carbons (Fsp3) is 0.0204. The van der Waals surface area contributed by atoms with Crippen molar-refractivity contribution in [1.29, 1.82) is 0 Å². The Morgan fingerprint density at radius 3 is 1.75 bits per heavy atom. The standard InChI is InChI=1S/C49H31NOS/c1-3-14-32(15-4-1)33-26-28-35(29-27-33)50(34-16-5-2-6-17-34)43-22-13-25-46-48(43)38-30-37-36-18-7-8-19-39(36)49(42(37)31-47(38)52-46)40-20-9-11-23-44(40)51-45-24-12-10-21-41(45)49/h1-31H. The van der Waals surface area contributed by atoms with Gasteiger partial charge in [-0.25, -0.2) is 0 Å². The Kier molecular flexibility index (Phi) is 6.37. The average molecular weight is 682 g/mol. The third kappa shape index (κ3) is 4.11. The lowest BCUT2D eigenvalue weighted by molar-refractivity contribution is 0.436. The molecule has 1 spiro atoms. The molecule has 2 nitrogen and oxygen atoms in total. The summed E-state index contributed by atoms with van der Waals surface area (Å²) in [5, 5.41) is 2.55. The lowest BCUT2D eigenvalue weighted by Gasteiger charge is -2.39.